The van der Waals surface area contributed by atoms with Crippen LogP contribution in [0.4, 0.5) is 17.6 Å². The van der Waals surface area contributed by atoms with Crippen molar-refractivity contribution in [2.75, 3.05) is 12.9 Å². The number of esters is 1. The van der Waals surface area contributed by atoms with Crippen molar-refractivity contribution in [3.63, 3.8) is 0 Å². The molecule has 0 bridgehead atoms. The molecule has 0 amide bonds. The maximum Gasteiger partial charge on any atom is 0.382 e. The van der Waals surface area contributed by atoms with Crippen molar-refractivity contribution in [3.05, 3.63) is 24.2 Å². The molecule has 1 heterocycles. The fraction of sp³-hybridized carbons (Fsp3) is 0.583. The van der Waals surface area contributed by atoms with Crippen molar-refractivity contribution in [2.45, 2.75) is 30.4 Å². The van der Waals surface area contributed by atoms with E-state index in [-0.39, 0.29) is 25.2 Å². The largest absolute Gasteiger partial charge is 0.460 e. The molecular weight excluding hydrogens is 316 g/mol. The lowest BCUT2D eigenvalue weighted by molar-refractivity contribution is -0.159. The van der Waals surface area contributed by atoms with Crippen LogP contribution in [0, 0.1) is 0 Å². The highest BCUT2D eigenvalue weighted by atomic mass is 32.2. The number of carbonyl (C=O) groups excluding carboxylic acids is 1. The Labute approximate surface area is 120 Å². The Morgan fingerprint density at radius 2 is 2.00 bits per heavy atom. The van der Waals surface area contributed by atoms with Gasteiger partial charge in [0.2, 0.25) is 5.76 Å². The molecule has 0 aromatic carbocycles. The minimum atomic E-state index is -4.57. The standard InChI is InChI=1S/C12H14F4O4S/c1-21(18)12(15,16)11(13,14)6-2-3-7-20-10(17)9-5-4-8-19-9/h4-5,8H,2-3,6-7H2,1H3. The zero-order valence-electron chi connectivity index (χ0n) is 11.1. The molecule has 21 heavy (non-hydrogen) atoms. The number of carbonyl (C=O) groups is 1. The second kappa shape index (κ2) is 7.06. The summed E-state index contributed by atoms with van der Waals surface area (Å²) in [7, 11) is -2.96. The predicted molar refractivity (Wildman–Crippen MR) is 66.8 cm³/mol. The van der Waals surface area contributed by atoms with Gasteiger partial charge in [0.25, 0.3) is 0 Å². The number of unbranched alkanes of at least 4 members (excludes halogenated alkanes) is 1. The highest BCUT2D eigenvalue weighted by Crippen LogP contribution is 2.40. The first-order valence-corrected chi connectivity index (χ1v) is 7.54. The van der Waals surface area contributed by atoms with Crippen LogP contribution < -0.4 is 0 Å². The molecule has 0 radical (unpaired) electrons. The molecule has 0 saturated carbocycles. The molecule has 0 spiro atoms. The summed E-state index contributed by atoms with van der Waals surface area (Å²) >= 11 is 0. The first-order chi connectivity index (χ1) is 9.68. The van der Waals surface area contributed by atoms with E-state index in [1.165, 1.54) is 18.4 Å². The molecule has 0 aliphatic rings. The zero-order chi connectivity index (χ0) is 16.1. The first kappa shape index (κ1) is 17.7. The summed E-state index contributed by atoms with van der Waals surface area (Å²) in [4.78, 5) is 11.3. The molecule has 1 rings (SSSR count). The average Bonchev–Trinajstić information content (AvgIpc) is 2.91. The SMILES string of the molecule is CS(=O)C(F)(F)C(F)(F)CCCCOC(=O)c1ccco1. The highest BCUT2D eigenvalue weighted by Gasteiger charge is 2.58. The zero-order valence-corrected chi connectivity index (χ0v) is 11.9. The van der Waals surface area contributed by atoms with Crippen molar-refractivity contribution in [1.29, 1.82) is 0 Å². The predicted octanol–water partition coefficient (Wildman–Crippen LogP) is 3.21. The van der Waals surface area contributed by atoms with E-state index >= 15 is 0 Å². The van der Waals surface area contributed by atoms with Crippen LogP contribution in [0.5, 0.6) is 0 Å². The number of ether oxygens (including phenoxy) is 1. The molecule has 1 unspecified atom stereocenters. The lowest BCUT2D eigenvalue weighted by Gasteiger charge is -2.24. The van der Waals surface area contributed by atoms with Crippen molar-refractivity contribution < 1.29 is 35.7 Å². The molecule has 0 aliphatic heterocycles. The minimum Gasteiger partial charge on any atom is -0.460 e. The summed E-state index contributed by atoms with van der Waals surface area (Å²) in [6.45, 7) is -0.198. The van der Waals surface area contributed by atoms with E-state index in [4.69, 9.17) is 9.15 Å². The molecule has 0 fully saturated rings. The summed E-state index contributed by atoms with van der Waals surface area (Å²) in [5.74, 6) is -5.16. The van der Waals surface area contributed by atoms with Crippen molar-refractivity contribution in [1.82, 2.24) is 0 Å². The van der Waals surface area contributed by atoms with E-state index in [1.807, 2.05) is 0 Å². The fourth-order valence-electron chi connectivity index (χ4n) is 1.44. The Kier molecular flexibility index (Phi) is 5.94. The van der Waals surface area contributed by atoms with Gasteiger partial charge in [0.05, 0.1) is 23.7 Å². The van der Waals surface area contributed by atoms with Crippen LogP contribution >= 0.6 is 0 Å². The van der Waals surface area contributed by atoms with Crippen LogP contribution in [0.2, 0.25) is 0 Å². The van der Waals surface area contributed by atoms with Crippen LogP contribution in [-0.2, 0) is 15.5 Å². The second-order valence-corrected chi connectivity index (χ2v) is 5.67. The molecule has 1 aromatic heterocycles. The molecular formula is C12H14F4O4S. The van der Waals surface area contributed by atoms with Gasteiger partial charge in [-0.25, -0.2) is 4.79 Å². The lowest BCUT2D eigenvalue weighted by Crippen LogP contribution is -2.43. The van der Waals surface area contributed by atoms with Crippen LogP contribution in [0.1, 0.15) is 29.8 Å². The molecule has 1 aromatic rings. The van der Waals surface area contributed by atoms with Gasteiger partial charge in [-0.05, 0) is 25.0 Å². The second-order valence-electron chi connectivity index (χ2n) is 4.25. The van der Waals surface area contributed by atoms with Crippen molar-refractivity contribution >= 4 is 16.8 Å². The van der Waals surface area contributed by atoms with E-state index in [9.17, 15) is 26.6 Å². The van der Waals surface area contributed by atoms with Gasteiger partial charge >= 0.3 is 17.1 Å². The van der Waals surface area contributed by atoms with E-state index < -0.39 is 34.4 Å². The summed E-state index contributed by atoms with van der Waals surface area (Å²) in [6, 6.07) is 2.84. The van der Waals surface area contributed by atoms with Gasteiger partial charge in [0, 0.05) is 12.7 Å². The molecule has 1 atom stereocenters. The van der Waals surface area contributed by atoms with Gasteiger partial charge in [-0.3, -0.25) is 4.21 Å². The number of halogens is 4. The molecule has 9 heteroatoms. The van der Waals surface area contributed by atoms with Crippen molar-refractivity contribution in [3.8, 4) is 0 Å². The van der Waals surface area contributed by atoms with Gasteiger partial charge in [-0.2, -0.15) is 17.6 Å². The first-order valence-electron chi connectivity index (χ1n) is 5.98. The third-order valence-corrected chi connectivity index (χ3v) is 3.65. The molecule has 0 saturated heterocycles. The Morgan fingerprint density at radius 3 is 2.52 bits per heavy atom. The van der Waals surface area contributed by atoms with Gasteiger partial charge in [0.1, 0.15) is 0 Å². The molecule has 120 valence electrons. The third kappa shape index (κ3) is 4.55. The van der Waals surface area contributed by atoms with E-state index in [1.54, 1.807) is 0 Å². The number of alkyl halides is 4. The topological polar surface area (TPSA) is 56.5 Å². The number of rotatable bonds is 8. The maximum atomic E-state index is 13.2. The maximum absolute atomic E-state index is 13.2. The van der Waals surface area contributed by atoms with E-state index in [0.717, 1.165) is 0 Å². The Bertz CT molecular complexity index is 487. The summed E-state index contributed by atoms with van der Waals surface area (Å²) in [5.41, 5.74) is 0. The minimum absolute atomic E-state index is 0.0194. The van der Waals surface area contributed by atoms with E-state index in [2.05, 4.69) is 0 Å². The van der Waals surface area contributed by atoms with Gasteiger partial charge in [-0.15, -0.1) is 0 Å². The molecule has 4 nitrogen and oxygen atoms in total. The van der Waals surface area contributed by atoms with Gasteiger partial charge in [-0.1, -0.05) is 0 Å². The average molecular weight is 330 g/mol. The Hall–Kier alpha value is -1.38. The quantitative estimate of drug-likeness (QED) is 0.417. The number of hydrogen-bond acceptors (Lipinski definition) is 4. The van der Waals surface area contributed by atoms with Crippen molar-refractivity contribution in [2.24, 2.45) is 0 Å². The van der Waals surface area contributed by atoms with Crippen LogP contribution in [-0.4, -0.2) is 34.2 Å². The van der Waals surface area contributed by atoms with E-state index in [0.29, 0.717) is 6.26 Å². The number of furan rings is 1. The summed E-state index contributed by atoms with van der Waals surface area (Å²) in [5, 5.41) is -4.57. The van der Waals surface area contributed by atoms with Crippen LogP contribution in [0.15, 0.2) is 22.8 Å². The molecule has 0 aliphatic carbocycles. The monoisotopic (exact) mass is 330 g/mol. The van der Waals surface area contributed by atoms with Gasteiger partial charge in [0.15, 0.2) is 0 Å². The Balaban J connectivity index is 2.31. The summed E-state index contributed by atoms with van der Waals surface area (Å²) < 4.78 is 72.5. The van der Waals surface area contributed by atoms with Crippen LogP contribution in [0.3, 0.4) is 0 Å². The lowest BCUT2D eigenvalue weighted by atomic mass is 10.1. The third-order valence-electron chi connectivity index (χ3n) is 2.63. The number of hydrogen-bond donors (Lipinski definition) is 0. The normalized spacial score (nSPS) is 14.0. The Morgan fingerprint density at radius 1 is 1.33 bits per heavy atom. The fourth-order valence-corrected chi connectivity index (χ4v) is 1.96. The highest BCUT2D eigenvalue weighted by molar-refractivity contribution is 7.85. The molecule has 0 N–H and O–H groups in total. The van der Waals surface area contributed by atoms with Gasteiger partial charge < -0.3 is 9.15 Å². The smallest absolute Gasteiger partial charge is 0.382 e. The summed E-state index contributed by atoms with van der Waals surface area (Å²) in [6.07, 6.45) is 0.334. The van der Waals surface area contributed by atoms with Crippen LogP contribution in [0.25, 0.3) is 0 Å².